The first-order valence-corrected chi connectivity index (χ1v) is 11.2. The Kier molecular flexibility index (Phi) is 5.91. The molecule has 0 saturated heterocycles. The molecule has 0 aromatic heterocycles. The van der Waals surface area contributed by atoms with Gasteiger partial charge < -0.3 is 0 Å². The average Bonchev–Trinajstić information content (AvgIpc) is 3.09. The van der Waals surface area contributed by atoms with Crippen molar-refractivity contribution in [1.29, 1.82) is 0 Å². The SMILES string of the molecule is CCC1(Cl)C([SiH2]C2=Cc3ccccc3C2(Cl)CC)=Cc2ccccc21.[Zr]. The molecule has 0 saturated carbocycles. The summed E-state index contributed by atoms with van der Waals surface area (Å²) in [5.74, 6) is 0. The zero-order chi connectivity index (χ0) is 17.7. The van der Waals surface area contributed by atoms with Gasteiger partial charge in [-0.3, -0.25) is 0 Å². The van der Waals surface area contributed by atoms with Crippen LogP contribution < -0.4 is 0 Å². The van der Waals surface area contributed by atoms with Crippen LogP contribution in [0.4, 0.5) is 0 Å². The zero-order valence-corrected chi connectivity index (χ0v) is 20.5. The molecule has 2 aromatic rings. The number of alkyl halides is 2. The predicted molar refractivity (Wildman–Crippen MR) is 113 cm³/mol. The molecule has 2 aromatic carbocycles. The van der Waals surface area contributed by atoms with E-state index in [0.29, 0.717) is 0 Å². The molecule has 0 radical (unpaired) electrons. The summed E-state index contributed by atoms with van der Waals surface area (Å²) in [6.07, 6.45) is 6.47. The van der Waals surface area contributed by atoms with Crippen LogP contribution in [0.3, 0.4) is 0 Å². The van der Waals surface area contributed by atoms with Crippen LogP contribution in [0.15, 0.2) is 58.9 Å². The van der Waals surface area contributed by atoms with Gasteiger partial charge in [0.1, 0.15) is 0 Å². The van der Waals surface area contributed by atoms with E-state index < -0.39 is 9.52 Å². The minimum absolute atomic E-state index is 0. The number of allylic oxidation sites excluding steroid dienone is 2. The summed E-state index contributed by atoms with van der Waals surface area (Å²) in [5, 5.41) is 2.80. The van der Waals surface area contributed by atoms with Crippen molar-refractivity contribution in [2.75, 3.05) is 0 Å². The second-order valence-electron chi connectivity index (χ2n) is 7.00. The second kappa shape index (κ2) is 7.55. The number of benzene rings is 2. The minimum atomic E-state index is -0.736. The van der Waals surface area contributed by atoms with E-state index in [2.05, 4.69) is 74.5 Å². The summed E-state index contributed by atoms with van der Waals surface area (Å²) in [5.41, 5.74) is 5.06. The average molecular weight is 477 g/mol. The van der Waals surface area contributed by atoms with Crippen LogP contribution in [0, 0.1) is 0 Å². The molecule has 0 heterocycles. The van der Waals surface area contributed by atoms with Crippen molar-refractivity contribution in [2.45, 2.75) is 36.4 Å². The van der Waals surface area contributed by atoms with Gasteiger partial charge in [-0.25, -0.2) is 0 Å². The maximum absolute atomic E-state index is 7.17. The summed E-state index contributed by atoms with van der Waals surface area (Å²) in [6, 6.07) is 17.1. The van der Waals surface area contributed by atoms with Crippen molar-refractivity contribution in [1.82, 2.24) is 0 Å². The van der Waals surface area contributed by atoms with Crippen molar-refractivity contribution >= 4 is 44.9 Å². The molecule has 4 heteroatoms. The smallest absolute Gasteiger partial charge is 0.0873 e. The molecule has 0 aliphatic heterocycles. The molecule has 0 N–H and O–H groups in total. The van der Waals surface area contributed by atoms with Gasteiger partial charge in [-0.1, -0.05) is 84.9 Å². The van der Waals surface area contributed by atoms with E-state index >= 15 is 0 Å². The molecule has 0 bridgehead atoms. The number of hydrogen-bond donors (Lipinski definition) is 0. The Labute approximate surface area is 187 Å². The molecule has 132 valence electrons. The topological polar surface area (TPSA) is 0 Å². The van der Waals surface area contributed by atoms with Crippen LogP contribution in [0.5, 0.6) is 0 Å². The molecule has 0 spiro atoms. The molecule has 26 heavy (non-hydrogen) atoms. The number of halogens is 2. The van der Waals surface area contributed by atoms with Crippen molar-refractivity contribution in [3.05, 3.63) is 81.2 Å². The van der Waals surface area contributed by atoms with E-state index in [-0.39, 0.29) is 36.0 Å². The largest absolute Gasteiger partial charge is 0.110 e. The Morgan fingerprint density at radius 1 is 0.731 bits per heavy atom. The van der Waals surface area contributed by atoms with E-state index in [4.69, 9.17) is 23.2 Å². The van der Waals surface area contributed by atoms with Gasteiger partial charge >= 0.3 is 0 Å². The maximum atomic E-state index is 7.17. The van der Waals surface area contributed by atoms with Crippen LogP contribution in [0.25, 0.3) is 12.2 Å². The fourth-order valence-electron chi connectivity index (χ4n) is 4.34. The van der Waals surface area contributed by atoms with Crippen LogP contribution >= 0.6 is 23.2 Å². The summed E-state index contributed by atoms with van der Waals surface area (Å²) in [4.78, 5) is -0.714. The van der Waals surface area contributed by atoms with Gasteiger partial charge in [0.15, 0.2) is 0 Å². The van der Waals surface area contributed by atoms with Gasteiger partial charge in [-0.05, 0) is 35.1 Å². The Morgan fingerprint density at radius 2 is 1.12 bits per heavy atom. The second-order valence-corrected chi connectivity index (χ2v) is 10.2. The predicted octanol–water partition coefficient (Wildman–Crippen LogP) is 5.95. The fraction of sp³-hybridized carbons (Fsp3) is 0.273. The van der Waals surface area contributed by atoms with Crippen LogP contribution in [-0.2, 0) is 36.0 Å². The molecular formula is C22H22Cl2SiZr. The van der Waals surface area contributed by atoms with Crippen LogP contribution in [-0.4, -0.2) is 9.52 Å². The first-order chi connectivity index (χ1) is 12.0. The van der Waals surface area contributed by atoms with Gasteiger partial charge in [0, 0.05) is 26.2 Å². The van der Waals surface area contributed by atoms with Gasteiger partial charge in [0.25, 0.3) is 0 Å². The third-order valence-electron chi connectivity index (χ3n) is 5.81. The van der Waals surface area contributed by atoms with Gasteiger partial charge in [-0.15, -0.1) is 23.2 Å². The Morgan fingerprint density at radius 3 is 1.50 bits per heavy atom. The molecule has 4 rings (SSSR count). The first kappa shape index (κ1) is 20.3. The molecule has 2 aliphatic rings. The van der Waals surface area contributed by atoms with Crippen LogP contribution in [0.2, 0.25) is 0 Å². The first-order valence-electron chi connectivity index (χ1n) is 9.02. The summed E-state index contributed by atoms with van der Waals surface area (Å²) in [7, 11) is -0.736. The fourth-order valence-corrected chi connectivity index (χ4v) is 7.69. The quantitative estimate of drug-likeness (QED) is 0.378. The van der Waals surface area contributed by atoms with Crippen molar-refractivity contribution in [3.8, 4) is 0 Å². The number of hydrogen-bond acceptors (Lipinski definition) is 0. The zero-order valence-electron chi connectivity index (χ0n) is 15.2. The van der Waals surface area contributed by atoms with Crippen molar-refractivity contribution in [2.24, 2.45) is 0 Å². The molecule has 0 amide bonds. The Balaban J connectivity index is 0.00000196. The summed E-state index contributed by atoms with van der Waals surface area (Å²) in [6.45, 7) is 4.37. The van der Waals surface area contributed by atoms with E-state index in [1.807, 2.05) is 0 Å². The third kappa shape index (κ3) is 2.98. The van der Waals surface area contributed by atoms with E-state index in [1.165, 1.54) is 32.6 Å². The third-order valence-corrected chi connectivity index (χ3v) is 10.1. The maximum Gasteiger partial charge on any atom is 0.0873 e. The molecule has 2 unspecified atom stereocenters. The standard InChI is InChI=1S/C22H22Cl2Si.Zr/c1-3-21(23)17-11-7-5-9-15(17)13-19(21)25-20-14-16-10-6-8-12-18(16)22(20,24)4-2;/h5-14H,3-4,25H2,1-2H3;. The molecule has 2 atom stereocenters. The number of fused-ring (bicyclic) bond motifs is 2. The summed E-state index contributed by atoms with van der Waals surface area (Å²) >= 11 is 14.3. The monoisotopic (exact) mass is 474 g/mol. The van der Waals surface area contributed by atoms with Gasteiger partial charge in [-0.2, -0.15) is 0 Å². The van der Waals surface area contributed by atoms with Gasteiger partial charge in [0.05, 0.1) is 19.3 Å². The minimum Gasteiger partial charge on any atom is -0.110 e. The molecule has 0 fully saturated rings. The van der Waals surface area contributed by atoms with E-state index in [9.17, 15) is 0 Å². The van der Waals surface area contributed by atoms with Crippen LogP contribution in [0.1, 0.15) is 48.9 Å². The van der Waals surface area contributed by atoms with Crippen molar-refractivity contribution in [3.63, 3.8) is 0 Å². The van der Waals surface area contributed by atoms with E-state index in [0.717, 1.165) is 12.8 Å². The summed E-state index contributed by atoms with van der Waals surface area (Å²) < 4.78 is 0. The van der Waals surface area contributed by atoms with Crippen molar-refractivity contribution < 1.29 is 26.2 Å². The molecule has 2 aliphatic carbocycles. The molecule has 0 nitrogen and oxygen atoms in total. The van der Waals surface area contributed by atoms with E-state index in [1.54, 1.807) is 0 Å². The molecular weight excluding hydrogens is 454 g/mol. The normalized spacial score (nSPS) is 26.3. The van der Waals surface area contributed by atoms with Gasteiger partial charge in [0.2, 0.25) is 0 Å². The number of rotatable bonds is 4. The Hall–Kier alpha value is -0.400. The Bertz CT molecular complexity index is 831.